The predicted molar refractivity (Wildman–Crippen MR) is 91.4 cm³/mol. The molecule has 1 aliphatic heterocycles. The van der Waals surface area contributed by atoms with Crippen LogP contribution >= 0.6 is 11.6 Å². The van der Waals surface area contributed by atoms with Crippen molar-refractivity contribution in [2.75, 3.05) is 13.1 Å². The minimum absolute atomic E-state index is 0.0917. The van der Waals surface area contributed by atoms with E-state index in [9.17, 15) is 10.1 Å². The molecule has 0 N–H and O–H groups in total. The van der Waals surface area contributed by atoms with Gasteiger partial charge in [-0.15, -0.1) is 0 Å². The summed E-state index contributed by atoms with van der Waals surface area (Å²) in [6.07, 6.45) is 0. The van der Waals surface area contributed by atoms with E-state index < -0.39 is 6.04 Å². The van der Waals surface area contributed by atoms with E-state index in [0.717, 1.165) is 17.7 Å². The minimum atomic E-state index is -0.571. The molecule has 1 saturated heterocycles. The van der Waals surface area contributed by atoms with Crippen molar-refractivity contribution in [2.24, 2.45) is 0 Å². The molecule has 1 heterocycles. The van der Waals surface area contributed by atoms with E-state index in [1.807, 2.05) is 43.3 Å². The monoisotopic (exact) mass is 330 g/mol. The third-order valence-electron chi connectivity index (χ3n) is 4.52. The molecule has 0 amide bonds. The number of hydrogen-bond donors (Lipinski definition) is 0. The average molecular weight is 331 g/mol. The Morgan fingerprint density at radius 2 is 1.96 bits per heavy atom. The molecule has 120 valence electrons. The molecule has 3 rings (SSSR count). The molecule has 0 aromatic heterocycles. The molecule has 0 unspecified atom stereocenters. The summed E-state index contributed by atoms with van der Waals surface area (Å²) in [6, 6.07) is 15.2. The highest BCUT2D eigenvalue weighted by molar-refractivity contribution is 6.30. The van der Waals surface area contributed by atoms with Crippen LogP contribution in [-0.2, 0) is 6.54 Å². The van der Waals surface area contributed by atoms with Gasteiger partial charge in [0.25, 0.3) is 0 Å². The van der Waals surface area contributed by atoms with Gasteiger partial charge in [0.2, 0.25) is 6.04 Å². The quantitative estimate of drug-likeness (QED) is 0.631. The topological polar surface area (TPSA) is 46.4 Å². The standard InChI is InChI=1S/C18H19ClN2O2/c1-13-9-15(19)7-8-16(13)17-11-20(12-18(17)21(22)23)10-14-5-3-2-4-6-14/h2-9,17-18H,10-12H2,1H3/t17-,18+/m1/s1. The normalized spacial score (nSPS) is 21.5. The fraction of sp³-hybridized carbons (Fsp3) is 0.333. The summed E-state index contributed by atoms with van der Waals surface area (Å²) in [6.45, 7) is 3.89. The van der Waals surface area contributed by atoms with Gasteiger partial charge in [-0.1, -0.05) is 48.0 Å². The number of hydrogen-bond acceptors (Lipinski definition) is 3. The van der Waals surface area contributed by atoms with Crippen LogP contribution in [0.15, 0.2) is 48.5 Å². The van der Waals surface area contributed by atoms with Crippen molar-refractivity contribution in [3.05, 3.63) is 80.4 Å². The lowest BCUT2D eigenvalue weighted by Gasteiger charge is -2.16. The Morgan fingerprint density at radius 1 is 1.22 bits per heavy atom. The van der Waals surface area contributed by atoms with Crippen LogP contribution in [-0.4, -0.2) is 29.0 Å². The summed E-state index contributed by atoms with van der Waals surface area (Å²) >= 11 is 6.01. The Kier molecular flexibility index (Phi) is 4.64. The van der Waals surface area contributed by atoms with Crippen molar-refractivity contribution in [2.45, 2.75) is 25.4 Å². The molecule has 2 atom stereocenters. The van der Waals surface area contributed by atoms with Crippen molar-refractivity contribution < 1.29 is 4.92 Å². The lowest BCUT2D eigenvalue weighted by molar-refractivity contribution is -0.521. The zero-order valence-corrected chi connectivity index (χ0v) is 13.7. The fourth-order valence-corrected chi connectivity index (χ4v) is 3.64. The Balaban J connectivity index is 1.83. The summed E-state index contributed by atoms with van der Waals surface area (Å²) in [5, 5.41) is 12.2. The number of nitrogens with zero attached hydrogens (tertiary/aromatic N) is 2. The highest BCUT2D eigenvalue weighted by Crippen LogP contribution is 2.33. The van der Waals surface area contributed by atoms with Crippen LogP contribution in [0.25, 0.3) is 0 Å². The summed E-state index contributed by atoms with van der Waals surface area (Å²) in [5.74, 6) is -0.0917. The van der Waals surface area contributed by atoms with E-state index in [4.69, 9.17) is 11.6 Å². The summed E-state index contributed by atoms with van der Waals surface area (Å²) < 4.78 is 0. The molecule has 2 aromatic carbocycles. The Hall–Kier alpha value is -1.91. The number of halogens is 1. The van der Waals surface area contributed by atoms with Gasteiger partial charge in [-0.25, -0.2) is 0 Å². The van der Waals surface area contributed by atoms with Crippen LogP contribution in [0, 0.1) is 17.0 Å². The van der Waals surface area contributed by atoms with E-state index in [0.29, 0.717) is 18.1 Å². The molecule has 1 aliphatic rings. The van der Waals surface area contributed by atoms with Gasteiger partial charge in [0.15, 0.2) is 0 Å². The average Bonchev–Trinajstić information content (AvgIpc) is 2.92. The Bertz CT molecular complexity index is 705. The lowest BCUT2D eigenvalue weighted by atomic mass is 9.91. The van der Waals surface area contributed by atoms with Crippen LogP contribution < -0.4 is 0 Å². The zero-order chi connectivity index (χ0) is 16.4. The first-order chi connectivity index (χ1) is 11.0. The van der Waals surface area contributed by atoms with E-state index >= 15 is 0 Å². The lowest BCUT2D eigenvalue weighted by Crippen LogP contribution is -2.28. The number of rotatable bonds is 4. The molecule has 23 heavy (non-hydrogen) atoms. The van der Waals surface area contributed by atoms with Crippen LogP contribution in [0.1, 0.15) is 22.6 Å². The molecule has 5 heteroatoms. The van der Waals surface area contributed by atoms with Crippen molar-refractivity contribution in [1.29, 1.82) is 0 Å². The third-order valence-corrected chi connectivity index (χ3v) is 4.75. The minimum Gasteiger partial charge on any atom is -0.292 e. The number of likely N-dealkylation sites (tertiary alicyclic amines) is 1. The van der Waals surface area contributed by atoms with Gasteiger partial charge < -0.3 is 0 Å². The van der Waals surface area contributed by atoms with Crippen molar-refractivity contribution in [3.63, 3.8) is 0 Å². The van der Waals surface area contributed by atoms with Crippen molar-refractivity contribution in [3.8, 4) is 0 Å². The Morgan fingerprint density at radius 3 is 2.61 bits per heavy atom. The predicted octanol–water partition coefficient (Wildman–Crippen LogP) is 3.89. The van der Waals surface area contributed by atoms with Crippen LogP contribution in [0.4, 0.5) is 0 Å². The molecule has 0 aliphatic carbocycles. The number of aryl methyl sites for hydroxylation is 1. The second-order valence-electron chi connectivity index (χ2n) is 6.14. The Labute approximate surface area is 140 Å². The SMILES string of the molecule is Cc1cc(Cl)ccc1[C@H]1CN(Cc2ccccc2)C[C@@H]1[N+](=O)[O-]. The molecule has 0 spiro atoms. The van der Waals surface area contributed by atoms with E-state index in [-0.39, 0.29) is 10.8 Å². The first kappa shape index (κ1) is 16.0. The third kappa shape index (κ3) is 3.54. The van der Waals surface area contributed by atoms with Gasteiger partial charge in [-0.05, 0) is 35.7 Å². The summed E-state index contributed by atoms with van der Waals surface area (Å²) in [7, 11) is 0. The molecular formula is C18H19ClN2O2. The molecule has 0 bridgehead atoms. The molecule has 4 nitrogen and oxygen atoms in total. The summed E-state index contributed by atoms with van der Waals surface area (Å²) in [4.78, 5) is 13.5. The van der Waals surface area contributed by atoms with Crippen LogP contribution in [0.2, 0.25) is 5.02 Å². The van der Waals surface area contributed by atoms with E-state index in [1.165, 1.54) is 5.56 Å². The largest absolute Gasteiger partial charge is 0.292 e. The smallest absolute Gasteiger partial charge is 0.233 e. The first-order valence-corrected chi connectivity index (χ1v) is 8.08. The maximum Gasteiger partial charge on any atom is 0.233 e. The molecule has 0 saturated carbocycles. The molecular weight excluding hydrogens is 312 g/mol. The number of benzene rings is 2. The second-order valence-corrected chi connectivity index (χ2v) is 6.58. The van der Waals surface area contributed by atoms with Gasteiger partial charge in [-0.3, -0.25) is 15.0 Å². The maximum atomic E-state index is 11.5. The first-order valence-electron chi connectivity index (χ1n) is 7.70. The van der Waals surface area contributed by atoms with Gasteiger partial charge in [0, 0.05) is 23.0 Å². The fourth-order valence-electron chi connectivity index (χ4n) is 3.41. The van der Waals surface area contributed by atoms with Gasteiger partial charge in [0.1, 0.15) is 0 Å². The highest BCUT2D eigenvalue weighted by Gasteiger charge is 2.42. The van der Waals surface area contributed by atoms with Crippen LogP contribution in [0.5, 0.6) is 0 Å². The van der Waals surface area contributed by atoms with Gasteiger partial charge >= 0.3 is 0 Å². The van der Waals surface area contributed by atoms with Gasteiger partial charge in [-0.2, -0.15) is 0 Å². The molecule has 0 radical (unpaired) electrons. The molecule has 1 fully saturated rings. The van der Waals surface area contributed by atoms with Gasteiger partial charge in [0.05, 0.1) is 12.5 Å². The summed E-state index contributed by atoms with van der Waals surface area (Å²) in [5.41, 5.74) is 3.24. The maximum absolute atomic E-state index is 11.5. The van der Waals surface area contributed by atoms with Crippen molar-refractivity contribution in [1.82, 2.24) is 4.90 Å². The molecule has 2 aromatic rings. The van der Waals surface area contributed by atoms with Crippen molar-refractivity contribution >= 4 is 11.6 Å². The van der Waals surface area contributed by atoms with E-state index in [1.54, 1.807) is 0 Å². The number of nitro groups is 1. The highest BCUT2D eigenvalue weighted by atomic mass is 35.5. The van der Waals surface area contributed by atoms with E-state index in [2.05, 4.69) is 17.0 Å². The second kappa shape index (κ2) is 6.69. The van der Waals surface area contributed by atoms with Crippen LogP contribution in [0.3, 0.4) is 0 Å². The zero-order valence-electron chi connectivity index (χ0n) is 13.0.